The molecule has 0 saturated heterocycles. The minimum atomic E-state index is -0.219. The van der Waals surface area contributed by atoms with Crippen molar-refractivity contribution < 1.29 is 9.59 Å². The quantitative estimate of drug-likeness (QED) is 0.744. The van der Waals surface area contributed by atoms with E-state index < -0.39 is 0 Å². The summed E-state index contributed by atoms with van der Waals surface area (Å²) in [5.41, 5.74) is 7.63. The number of nitrogens with zero attached hydrogens (tertiary/aromatic N) is 1. The van der Waals surface area contributed by atoms with E-state index in [0.29, 0.717) is 11.3 Å². The van der Waals surface area contributed by atoms with Crippen LogP contribution < -0.4 is 11.1 Å². The predicted molar refractivity (Wildman–Crippen MR) is 66.6 cm³/mol. The molecule has 17 heavy (non-hydrogen) atoms. The number of hydrogen-bond acceptors (Lipinski definition) is 3. The molecule has 1 aromatic rings. The maximum absolute atomic E-state index is 12.0. The molecule has 0 heterocycles. The molecule has 0 unspecified atom stereocenters. The van der Waals surface area contributed by atoms with Crippen LogP contribution in [0.2, 0.25) is 0 Å². The summed E-state index contributed by atoms with van der Waals surface area (Å²) in [7, 11) is 3.11. The van der Waals surface area contributed by atoms with E-state index in [4.69, 9.17) is 5.73 Å². The van der Waals surface area contributed by atoms with Gasteiger partial charge in [-0.3, -0.25) is 9.59 Å². The minimum absolute atomic E-state index is 0.0309. The maximum atomic E-state index is 12.0. The second kappa shape index (κ2) is 5.34. The normalized spacial score (nSPS) is 9.82. The molecule has 1 aromatic carbocycles. The number of anilines is 1. The van der Waals surface area contributed by atoms with Gasteiger partial charge in [-0.05, 0) is 30.7 Å². The SMILES string of the molecule is CNC(=O)CN(C)C(=O)c1cc(C)cc(N)c1. The number of rotatable bonds is 3. The predicted octanol–water partition coefficient (Wildman–Crippen LogP) is 0.395. The van der Waals surface area contributed by atoms with Crippen LogP contribution in [0.5, 0.6) is 0 Å². The summed E-state index contributed by atoms with van der Waals surface area (Å²) in [4.78, 5) is 24.5. The van der Waals surface area contributed by atoms with Gasteiger partial charge >= 0.3 is 0 Å². The Morgan fingerprint density at radius 1 is 1.35 bits per heavy atom. The summed E-state index contributed by atoms with van der Waals surface area (Å²) in [5, 5.41) is 2.47. The first-order chi connectivity index (χ1) is 7.93. The third-order valence-corrected chi connectivity index (χ3v) is 2.35. The average molecular weight is 235 g/mol. The van der Waals surface area contributed by atoms with Crippen molar-refractivity contribution in [2.24, 2.45) is 0 Å². The van der Waals surface area contributed by atoms with Gasteiger partial charge in [-0.25, -0.2) is 0 Å². The van der Waals surface area contributed by atoms with Gasteiger partial charge in [-0.15, -0.1) is 0 Å². The van der Waals surface area contributed by atoms with Gasteiger partial charge in [0.15, 0.2) is 0 Å². The van der Waals surface area contributed by atoms with Crippen LogP contribution in [0.15, 0.2) is 18.2 Å². The van der Waals surface area contributed by atoms with E-state index >= 15 is 0 Å². The second-order valence-corrected chi connectivity index (χ2v) is 3.97. The molecule has 5 nitrogen and oxygen atoms in total. The summed E-state index contributed by atoms with van der Waals surface area (Å²) in [5.74, 6) is -0.425. The summed E-state index contributed by atoms with van der Waals surface area (Å²) in [6.45, 7) is 1.90. The fraction of sp³-hybridized carbons (Fsp3) is 0.333. The van der Waals surface area contributed by atoms with Gasteiger partial charge in [-0.2, -0.15) is 0 Å². The summed E-state index contributed by atoms with van der Waals surface area (Å²) >= 11 is 0. The van der Waals surface area contributed by atoms with Crippen molar-refractivity contribution in [3.63, 3.8) is 0 Å². The summed E-state index contributed by atoms with van der Waals surface area (Å²) in [6.07, 6.45) is 0. The first-order valence-electron chi connectivity index (χ1n) is 5.27. The van der Waals surface area contributed by atoms with E-state index in [1.807, 2.05) is 6.92 Å². The molecule has 0 atom stereocenters. The number of nitrogens with one attached hydrogen (secondary N) is 1. The third-order valence-electron chi connectivity index (χ3n) is 2.35. The van der Waals surface area contributed by atoms with Crippen molar-refractivity contribution >= 4 is 17.5 Å². The Morgan fingerprint density at radius 2 is 2.00 bits per heavy atom. The molecule has 0 aliphatic rings. The molecular weight excluding hydrogens is 218 g/mol. The first-order valence-corrected chi connectivity index (χ1v) is 5.27. The number of aryl methyl sites for hydroxylation is 1. The number of nitrogens with two attached hydrogens (primary N) is 1. The Bertz CT molecular complexity index is 423. The number of carbonyl (C=O) groups excluding carboxylic acids is 2. The Balaban J connectivity index is 2.85. The second-order valence-electron chi connectivity index (χ2n) is 3.97. The van der Waals surface area contributed by atoms with E-state index in [0.717, 1.165) is 5.56 Å². The zero-order valence-electron chi connectivity index (χ0n) is 10.3. The highest BCUT2D eigenvalue weighted by Gasteiger charge is 2.14. The average Bonchev–Trinajstić information content (AvgIpc) is 2.26. The number of hydrogen-bond donors (Lipinski definition) is 2. The van der Waals surface area contributed by atoms with Crippen LogP contribution in [0.1, 0.15) is 15.9 Å². The fourth-order valence-electron chi connectivity index (χ4n) is 1.52. The molecule has 0 aliphatic heterocycles. The van der Waals surface area contributed by atoms with E-state index in [1.54, 1.807) is 25.2 Å². The highest BCUT2D eigenvalue weighted by Crippen LogP contribution is 2.12. The fourth-order valence-corrected chi connectivity index (χ4v) is 1.52. The molecule has 92 valence electrons. The van der Waals surface area contributed by atoms with Crippen LogP contribution >= 0.6 is 0 Å². The Labute approximate surface area is 101 Å². The lowest BCUT2D eigenvalue weighted by atomic mass is 10.1. The van der Waals surface area contributed by atoms with Crippen LogP contribution in [0.3, 0.4) is 0 Å². The Kier molecular flexibility index (Phi) is 4.09. The molecule has 5 heteroatoms. The lowest BCUT2D eigenvalue weighted by molar-refractivity contribution is -0.121. The number of amides is 2. The molecule has 0 radical (unpaired) electrons. The Hall–Kier alpha value is -2.04. The molecule has 0 aromatic heterocycles. The molecule has 0 fully saturated rings. The van der Waals surface area contributed by atoms with Gasteiger partial charge in [-0.1, -0.05) is 0 Å². The van der Waals surface area contributed by atoms with Crippen molar-refractivity contribution in [3.8, 4) is 0 Å². The third kappa shape index (κ3) is 3.48. The number of benzene rings is 1. The Morgan fingerprint density at radius 3 is 2.53 bits per heavy atom. The molecule has 0 aliphatic carbocycles. The van der Waals surface area contributed by atoms with Crippen molar-refractivity contribution in [3.05, 3.63) is 29.3 Å². The van der Waals surface area contributed by atoms with Gasteiger partial charge in [0.1, 0.15) is 0 Å². The van der Waals surface area contributed by atoms with E-state index in [9.17, 15) is 9.59 Å². The molecule has 0 saturated carbocycles. The van der Waals surface area contributed by atoms with Crippen LogP contribution in [-0.4, -0.2) is 37.4 Å². The van der Waals surface area contributed by atoms with Crippen LogP contribution in [0.25, 0.3) is 0 Å². The number of likely N-dealkylation sites (N-methyl/N-ethyl adjacent to an activating group) is 2. The van der Waals surface area contributed by atoms with Crippen LogP contribution in [-0.2, 0) is 4.79 Å². The molecule has 3 N–H and O–H groups in total. The van der Waals surface area contributed by atoms with Gasteiger partial charge < -0.3 is 16.0 Å². The highest BCUT2D eigenvalue weighted by atomic mass is 16.2. The van der Waals surface area contributed by atoms with E-state index in [-0.39, 0.29) is 18.4 Å². The van der Waals surface area contributed by atoms with Crippen molar-refractivity contribution in [2.45, 2.75) is 6.92 Å². The van der Waals surface area contributed by atoms with Crippen LogP contribution in [0, 0.1) is 6.92 Å². The van der Waals surface area contributed by atoms with Gasteiger partial charge in [0.05, 0.1) is 6.54 Å². The number of nitrogen functional groups attached to an aromatic ring is 1. The molecule has 0 spiro atoms. The van der Waals surface area contributed by atoms with Crippen LogP contribution in [0.4, 0.5) is 5.69 Å². The maximum Gasteiger partial charge on any atom is 0.254 e. The lowest BCUT2D eigenvalue weighted by Gasteiger charge is -2.16. The van der Waals surface area contributed by atoms with Crippen molar-refractivity contribution in [1.82, 2.24) is 10.2 Å². The zero-order chi connectivity index (χ0) is 13.0. The number of carbonyl (C=O) groups is 2. The monoisotopic (exact) mass is 235 g/mol. The smallest absolute Gasteiger partial charge is 0.254 e. The topological polar surface area (TPSA) is 75.4 Å². The molecule has 2 amide bonds. The first kappa shape index (κ1) is 13.0. The van der Waals surface area contributed by atoms with Crippen molar-refractivity contribution in [1.29, 1.82) is 0 Å². The molecule has 0 bridgehead atoms. The molecule has 1 rings (SSSR count). The van der Waals surface area contributed by atoms with Gasteiger partial charge in [0.25, 0.3) is 5.91 Å². The largest absolute Gasteiger partial charge is 0.399 e. The lowest BCUT2D eigenvalue weighted by Crippen LogP contribution is -2.36. The van der Waals surface area contributed by atoms with E-state index in [2.05, 4.69) is 5.32 Å². The van der Waals surface area contributed by atoms with Gasteiger partial charge in [0.2, 0.25) is 5.91 Å². The summed E-state index contributed by atoms with van der Waals surface area (Å²) < 4.78 is 0. The standard InChI is InChI=1S/C12H17N3O2/c1-8-4-9(6-10(13)5-8)12(17)15(3)7-11(16)14-2/h4-6H,7,13H2,1-3H3,(H,14,16). The molecular formula is C12H17N3O2. The zero-order valence-corrected chi connectivity index (χ0v) is 10.3. The minimum Gasteiger partial charge on any atom is -0.399 e. The van der Waals surface area contributed by atoms with Crippen molar-refractivity contribution in [2.75, 3.05) is 26.4 Å². The highest BCUT2D eigenvalue weighted by molar-refractivity contribution is 5.97. The van der Waals surface area contributed by atoms with E-state index in [1.165, 1.54) is 11.9 Å². The summed E-state index contributed by atoms with van der Waals surface area (Å²) in [6, 6.07) is 5.14. The van der Waals surface area contributed by atoms with Gasteiger partial charge in [0, 0.05) is 25.3 Å².